The van der Waals surface area contributed by atoms with Gasteiger partial charge in [-0.15, -0.1) is 47.5 Å². The Morgan fingerprint density at radius 1 is 0.737 bits per heavy atom. The van der Waals surface area contributed by atoms with E-state index >= 15 is 0 Å². The maximum absolute atomic E-state index is 4.22. The maximum Gasteiger partial charge on any atom is 0.494 e. The van der Waals surface area contributed by atoms with Crippen molar-refractivity contribution in [3.05, 3.63) is 133 Å². The summed E-state index contributed by atoms with van der Waals surface area (Å²) in [5.74, 6) is 0. The fraction of sp³-hybridized carbons (Fsp3) is 0.118. The Morgan fingerprint density at radius 3 is 2.24 bits per heavy atom. The topological polar surface area (TPSA) is 18.9 Å². The van der Waals surface area contributed by atoms with Gasteiger partial charge < -0.3 is 4.98 Å². The number of fused-ring (bicyclic) bond motifs is 4. The van der Waals surface area contributed by atoms with E-state index in [0.29, 0.717) is 0 Å². The number of para-hydroxylation sites is 2. The molecule has 7 rings (SSSR count). The first-order valence-electron chi connectivity index (χ1n) is 12.5. The van der Waals surface area contributed by atoms with E-state index in [4.69, 9.17) is 0 Å². The minimum atomic E-state index is -0.0587. The molecule has 0 N–H and O–H groups in total. The third-order valence-corrected chi connectivity index (χ3v) is 7.10. The number of rotatable bonds is 2. The maximum atomic E-state index is 4.22. The van der Waals surface area contributed by atoms with Crippen molar-refractivity contribution in [2.24, 2.45) is 0 Å². The molecule has 0 saturated heterocycles. The van der Waals surface area contributed by atoms with Gasteiger partial charge in [-0.2, -0.15) is 12.1 Å². The zero-order valence-corrected chi connectivity index (χ0v) is 24.0. The Kier molecular flexibility index (Phi) is 7.06. The Bertz CT molecular complexity index is 1640. The molecule has 0 atom stereocenters. The molecule has 0 amide bonds. The molecule has 5 aromatic rings. The molecule has 187 valence electrons. The molecule has 1 aliphatic heterocycles. The van der Waals surface area contributed by atoms with Crippen molar-refractivity contribution in [1.29, 1.82) is 0 Å². The van der Waals surface area contributed by atoms with Gasteiger partial charge >= 0.3 is 6.01 Å². The third-order valence-electron chi connectivity index (χ3n) is 7.10. The molecular formula is C34H27IrN3. The minimum absolute atomic E-state index is 0. The largest absolute Gasteiger partial charge is 0.494 e. The van der Waals surface area contributed by atoms with Crippen molar-refractivity contribution in [2.75, 3.05) is 7.05 Å². The number of aromatic nitrogens is 1. The zero-order chi connectivity index (χ0) is 25.4. The molecule has 4 heteroatoms. The second-order valence-corrected chi connectivity index (χ2v) is 9.76. The number of hydrogen-bond acceptors (Lipinski definition) is 1. The quantitative estimate of drug-likeness (QED) is 0.140. The molecule has 38 heavy (non-hydrogen) atoms. The van der Waals surface area contributed by atoms with E-state index in [-0.39, 0.29) is 25.5 Å². The molecule has 3 nitrogen and oxygen atoms in total. The van der Waals surface area contributed by atoms with Crippen molar-refractivity contribution in [2.45, 2.75) is 19.3 Å². The van der Waals surface area contributed by atoms with Crippen LogP contribution in [0.4, 0.5) is 17.1 Å². The molecular weight excluding hydrogens is 643 g/mol. The predicted octanol–water partition coefficient (Wildman–Crippen LogP) is 7.64. The Labute approximate surface area is 237 Å². The first-order valence-corrected chi connectivity index (χ1v) is 12.5. The van der Waals surface area contributed by atoms with Crippen molar-refractivity contribution in [3.8, 4) is 22.4 Å². The van der Waals surface area contributed by atoms with Crippen LogP contribution in [-0.2, 0) is 25.5 Å². The summed E-state index contributed by atoms with van der Waals surface area (Å²) in [6.07, 6.45) is 1.79. The van der Waals surface area contributed by atoms with Crippen molar-refractivity contribution >= 4 is 23.1 Å². The third kappa shape index (κ3) is 4.38. The van der Waals surface area contributed by atoms with Crippen LogP contribution in [-0.4, -0.2) is 22.6 Å². The number of hydrogen-bond donors (Lipinski definition) is 0. The first kappa shape index (κ1) is 25.7. The Hall–Kier alpha value is -3.94. The van der Waals surface area contributed by atoms with Gasteiger partial charge in [0.2, 0.25) is 0 Å². The second-order valence-electron chi connectivity index (χ2n) is 9.76. The van der Waals surface area contributed by atoms with Crippen molar-refractivity contribution < 1.29 is 24.7 Å². The van der Waals surface area contributed by atoms with E-state index in [1.54, 1.807) is 6.20 Å². The van der Waals surface area contributed by atoms with Gasteiger partial charge in [0.25, 0.3) is 11.4 Å². The average Bonchev–Trinajstić information content (AvgIpc) is 3.42. The van der Waals surface area contributed by atoms with Crippen LogP contribution in [0, 0.1) is 12.1 Å². The van der Waals surface area contributed by atoms with Gasteiger partial charge in [0.05, 0.1) is 0 Å². The van der Waals surface area contributed by atoms with Crippen LogP contribution in [0.5, 0.6) is 0 Å². The normalized spacial score (nSPS) is 13.6. The van der Waals surface area contributed by atoms with Gasteiger partial charge in [0, 0.05) is 38.4 Å². The average molecular weight is 670 g/mol. The van der Waals surface area contributed by atoms with Gasteiger partial charge in [-0.05, 0) is 28.3 Å². The second kappa shape index (κ2) is 10.4. The van der Waals surface area contributed by atoms with Gasteiger partial charge in [-0.1, -0.05) is 77.1 Å². The van der Waals surface area contributed by atoms with E-state index in [2.05, 4.69) is 101 Å². The SMILES string of the molecule is C[N+]1=C=[N+](c2[c-]ccc3c2C(C)(C)c2ccccc2-3)c2ccccc21.[Ir].[c-]1ccccc1-c1ccccn1. The zero-order valence-electron chi connectivity index (χ0n) is 21.6. The van der Waals surface area contributed by atoms with E-state index in [9.17, 15) is 0 Å². The van der Waals surface area contributed by atoms with Crippen LogP contribution in [0.15, 0.2) is 109 Å². The molecule has 1 aromatic heterocycles. The first-order chi connectivity index (χ1) is 18.1. The van der Waals surface area contributed by atoms with E-state index in [1.807, 2.05) is 55.6 Å². The fourth-order valence-corrected chi connectivity index (χ4v) is 5.36. The number of pyridine rings is 1. The molecule has 1 aliphatic carbocycles. The number of nitrogens with zero attached hydrogens (tertiary/aromatic N) is 3. The fourth-order valence-electron chi connectivity index (χ4n) is 5.36. The summed E-state index contributed by atoms with van der Waals surface area (Å²) < 4.78 is 4.21. The molecule has 0 unspecified atom stereocenters. The van der Waals surface area contributed by atoms with Crippen LogP contribution in [0.25, 0.3) is 22.4 Å². The van der Waals surface area contributed by atoms with Crippen LogP contribution in [0.2, 0.25) is 0 Å². The molecule has 0 bridgehead atoms. The smallest absolute Gasteiger partial charge is 0.305 e. The summed E-state index contributed by atoms with van der Waals surface area (Å²) in [5, 5.41) is 0. The standard InChI is InChI=1S/C23H19N2.C11H8N.Ir/c1-23(2)18-11-5-4-9-16(18)17-10-8-14-21(22(17)23)25-15-24(3)19-12-6-7-13-20(19)25;1-2-6-10(7-3-1)11-8-4-5-9-12-11;/h4-13H,1-3H3;1-6,8-9H;/q+1;-1;. The van der Waals surface area contributed by atoms with E-state index in [0.717, 1.165) is 22.6 Å². The van der Waals surface area contributed by atoms with E-state index < -0.39 is 0 Å². The molecule has 0 spiro atoms. The molecule has 4 aromatic carbocycles. The summed E-state index contributed by atoms with van der Waals surface area (Å²) in [6.45, 7) is 4.61. The minimum Gasteiger partial charge on any atom is -0.305 e. The van der Waals surface area contributed by atoms with Gasteiger partial charge in [0.1, 0.15) is 5.69 Å². The van der Waals surface area contributed by atoms with Gasteiger partial charge in [-0.3, -0.25) is 0 Å². The monoisotopic (exact) mass is 670 g/mol. The van der Waals surface area contributed by atoms with Crippen LogP contribution >= 0.6 is 0 Å². The molecule has 2 aliphatic rings. The number of benzene rings is 4. The Balaban J connectivity index is 0.000000191. The molecule has 1 radical (unpaired) electrons. The van der Waals surface area contributed by atoms with E-state index in [1.165, 1.54) is 27.9 Å². The molecule has 2 heterocycles. The molecule has 0 saturated carbocycles. The summed E-state index contributed by atoms with van der Waals surface area (Å²) in [4.78, 5) is 4.22. The van der Waals surface area contributed by atoms with Crippen LogP contribution < -0.4 is 4.58 Å². The van der Waals surface area contributed by atoms with Crippen molar-refractivity contribution in [1.82, 2.24) is 9.56 Å². The van der Waals surface area contributed by atoms with Crippen molar-refractivity contribution in [3.63, 3.8) is 0 Å². The van der Waals surface area contributed by atoms with Gasteiger partial charge in [0.15, 0.2) is 7.05 Å². The van der Waals surface area contributed by atoms with Crippen LogP contribution in [0.3, 0.4) is 0 Å². The van der Waals surface area contributed by atoms with Crippen LogP contribution in [0.1, 0.15) is 25.0 Å². The van der Waals surface area contributed by atoms with Gasteiger partial charge in [-0.25, -0.2) is 0 Å². The summed E-state index contributed by atoms with van der Waals surface area (Å²) in [6, 6.07) is 45.2. The Morgan fingerprint density at radius 2 is 1.47 bits per heavy atom. The summed E-state index contributed by atoms with van der Waals surface area (Å²) >= 11 is 0. The predicted molar refractivity (Wildman–Crippen MR) is 150 cm³/mol. The summed E-state index contributed by atoms with van der Waals surface area (Å²) in [7, 11) is 2.04. The summed E-state index contributed by atoms with van der Waals surface area (Å²) in [5.41, 5.74) is 10.7. The molecule has 0 fully saturated rings.